The van der Waals surface area contributed by atoms with Crippen molar-refractivity contribution in [3.05, 3.63) is 34.7 Å². The summed E-state index contributed by atoms with van der Waals surface area (Å²) in [5, 5.41) is 9.06. The molecule has 1 aromatic carbocycles. The highest BCUT2D eigenvalue weighted by atomic mass is 32.2. The molecule has 130 valence electrons. The fraction of sp³-hybridized carbons (Fsp3) is 0.412. The van der Waals surface area contributed by atoms with Gasteiger partial charge in [0, 0.05) is 26.0 Å². The molecule has 0 aliphatic carbocycles. The Labute approximate surface area is 145 Å². The number of methoxy groups -OCH3 is 2. The third-order valence-electron chi connectivity index (χ3n) is 3.57. The summed E-state index contributed by atoms with van der Waals surface area (Å²) in [5.41, 5.74) is 1.06. The average Bonchev–Trinajstić information content (AvgIpc) is 2.84. The second-order valence-corrected chi connectivity index (χ2v) is 6.22. The van der Waals surface area contributed by atoms with Crippen molar-refractivity contribution >= 4 is 29.1 Å². The predicted octanol–water partition coefficient (Wildman–Crippen LogP) is 1.54. The normalized spacial score (nSPS) is 14.7. The quantitative estimate of drug-likeness (QED) is 0.537. The van der Waals surface area contributed by atoms with Gasteiger partial charge in [0.25, 0.3) is 11.8 Å². The van der Waals surface area contributed by atoms with E-state index in [1.165, 1.54) is 16.7 Å². The number of thioether (sulfide) groups is 1. The van der Waals surface area contributed by atoms with Gasteiger partial charge in [-0.15, -0.1) is 11.8 Å². The lowest BCUT2D eigenvalue weighted by molar-refractivity contribution is -0.136. The Morgan fingerprint density at radius 2 is 1.83 bits per heavy atom. The monoisotopic (exact) mass is 351 g/mol. The molecular formula is C17H21NO5S. The van der Waals surface area contributed by atoms with Crippen molar-refractivity contribution in [2.75, 3.05) is 39.7 Å². The first-order valence-corrected chi connectivity index (χ1v) is 8.60. The largest absolute Gasteiger partial charge is 0.497 e. The molecule has 1 aliphatic heterocycles. The number of hydrogen-bond acceptors (Lipinski definition) is 6. The Kier molecular flexibility index (Phi) is 6.84. The topological polar surface area (TPSA) is 76.1 Å². The van der Waals surface area contributed by atoms with E-state index in [0.717, 1.165) is 0 Å². The van der Waals surface area contributed by atoms with Gasteiger partial charge in [0.05, 0.1) is 24.2 Å². The summed E-state index contributed by atoms with van der Waals surface area (Å²) >= 11 is 1.21. The Hall–Kier alpha value is -1.83. The summed E-state index contributed by atoms with van der Waals surface area (Å²) in [6.45, 7) is 0.734. The first-order chi connectivity index (χ1) is 11.6. The van der Waals surface area contributed by atoms with E-state index in [-0.39, 0.29) is 18.4 Å². The molecule has 2 rings (SSSR count). The molecule has 1 aliphatic rings. The highest BCUT2D eigenvalue weighted by Crippen LogP contribution is 2.36. The van der Waals surface area contributed by atoms with Crippen LogP contribution in [-0.2, 0) is 14.3 Å². The molecule has 6 nitrogen and oxygen atoms in total. The minimum Gasteiger partial charge on any atom is -0.497 e. The zero-order valence-electron chi connectivity index (χ0n) is 13.8. The van der Waals surface area contributed by atoms with Gasteiger partial charge >= 0.3 is 0 Å². The standard InChI is InChI=1S/C17H21NO5S/c1-22-10-3-8-18-16(20)14(15(17(18)21)24-11-9-19)12-4-6-13(23-2)7-5-12/h4-7,19H,3,8-11H2,1-2H3. The van der Waals surface area contributed by atoms with Gasteiger partial charge in [0.15, 0.2) is 0 Å². The Morgan fingerprint density at radius 3 is 2.42 bits per heavy atom. The molecule has 7 heteroatoms. The van der Waals surface area contributed by atoms with Gasteiger partial charge in [-0.1, -0.05) is 12.1 Å². The lowest BCUT2D eigenvalue weighted by Crippen LogP contribution is -2.33. The van der Waals surface area contributed by atoms with Crippen LogP contribution in [0.3, 0.4) is 0 Å². The number of nitrogens with zero attached hydrogens (tertiary/aromatic N) is 1. The minimum absolute atomic E-state index is 0.0603. The van der Waals surface area contributed by atoms with Crippen molar-refractivity contribution in [1.29, 1.82) is 0 Å². The van der Waals surface area contributed by atoms with Gasteiger partial charge in [-0.25, -0.2) is 0 Å². The zero-order chi connectivity index (χ0) is 17.5. The van der Waals surface area contributed by atoms with E-state index >= 15 is 0 Å². The van der Waals surface area contributed by atoms with Gasteiger partial charge in [-0.05, 0) is 24.1 Å². The number of ether oxygens (including phenoxy) is 2. The lowest BCUT2D eigenvalue weighted by atomic mass is 10.1. The number of carbonyl (C=O) groups excluding carboxylic acids is 2. The van der Waals surface area contributed by atoms with E-state index < -0.39 is 0 Å². The van der Waals surface area contributed by atoms with Crippen LogP contribution in [0.2, 0.25) is 0 Å². The van der Waals surface area contributed by atoms with Gasteiger partial charge < -0.3 is 14.6 Å². The van der Waals surface area contributed by atoms with E-state index in [4.69, 9.17) is 14.6 Å². The fourth-order valence-corrected chi connectivity index (χ4v) is 3.30. The lowest BCUT2D eigenvalue weighted by Gasteiger charge is -2.14. The van der Waals surface area contributed by atoms with E-state index in [2.05, 4.69) is 0 Å². The van der Waals surface area contributed by atoms with Gasteiger partial charge in [-0.2, -0.15) is 0 Å². The summed E-state index contributed by atoms with van der Waals surface area (Å²) in [4.78, 5) is 27.0. The van der Waals surface area contributed by atoms with Crippen LogP contribution in [-0.4, -0.2) is 61.6 Å². The maximum Gasteiger partial charge on any atom is 0.267 e. The number of aliphatic hydroxyl groups is 1. The molecule has 0 saturated carbocycles. The summed E-state index contributed by atoms with van der Waals surface area (Å²) in [7, 11) is 3.15. The average molecular weight is 351 g/mol. The van der Waals surface area contributed by atoms with Gasteiger partial charge in [0.1, 0.15) is 5.75 Å². The Morgan fingerprint density at radius 1 is 1.12 bits per heavy atom. The van der Waals surface area contributed by atoms with Gasteiger partial charge in [0.2, 0.25) is 0 Å². The molecule has 0 radical (unpaired) electrons. The third kappa shape index (κ3) is 3.98. The molecule has 2 amide bonds. The highest BCUT2D eigenvalue weighted by molar-refractivity contribution is 8.04. The predicted molar refractivity (Wildman–Crippen MR) is 92.7 cm³/mol. The summed E-state index contributed by atoms with van der Waals surface area (Å²) in [6.07, 6.45) is 0.585. The number of amides is 2. The number of benzene rings is 1. The van der Waals surface area contributed by atoms with Crippen molar-refractivity contribution in [3.63, 3.8) is 0 Å². The summed E-state index contributed by atoms with van der Waals surface area (Å²) < 4.78 is 10.1. The van der Waals surface area contributed by atoms with E-state index in [0.29, 0.717) is 47.1 Å². The number of hydrogen-bond donors (Lipinski definition) is 1. The Bertz CT molecular complexity index is 626. The zero-order valence-corrected chi connectivity index (χ0v) is 14.6. The minimum atomic E-state index is -0.305. The van der Waals surface area contributed by atoms with Gasteiger partial charge in [-0.3, -0.25) is 14.5 Å². The van der Waals surface area contributed by atoms with Crippen LogP contribution < -0.4 is 4.74 Å². The highest BCUT2D eigenvalue weighted by Gasteiger charge is 2.38. The number of rotatable bonds is 9. The SMILES string of the molecule is COCCCN1C(=O)C(SCCO)=C(c2ccc(OC)cc2)C1=O. The van der Waals surface area contributed by atoms with Crippen molar-refractivity contribution in [2.45, 2.75) is 6.42 Å². The van der Waals surface area contributed by atoms with Crippen molar-refractivity contribution < 1.29 is 24.2 Å². The van der Waals surface area contributed by atoms with E-state index in [1.807, 2.05) is 0 Å². The molecule has 0 fully saturated rings. The molecule has 0 aromatic heterocycles. The van der Waals surface area contributed by atoms with Crippen LogP contribution in [0.5, 0.6) is 5.75 Å². The van der Waals surface area contributed by atoms with Crippen molar-refractivity contribution in [2.24, 2.45) is 0 Å². The molecule has 0 unspecified atom stereocenters. The second kappa shape index (κ2) is 8.86. The molecule has 1 N–H and O–H groups in total. The van der Waals surface area contributed by atoms with Crippen LogP contribution in [0.4, 0.5) is 0 Å². The van der Waals surface area contributed by atoms with Crippen molar-refractivity contribution in [1.82, 2.24) is 4.90 Å². The molecule has 1 heterocycles. The number of imide groups is 1. The maximum atomic E-state index is 12.7. The fourth-order valence-electron chi connectivity index (χ4n) is 2.42. The Balaban J connectivity index is 2.31. The van der Waals surface area contributed by atoms with Crippen LogP contribution in [0.25, 0.3) is 5.57 Å². The second-order valence-electron chi connectivity index (χ2n) is 5.11. The first kappa shape index (κ1) is 18.5. The van der Waals surface area contributed by atoms with Crippen LogP contribution in [0, 0.1) is 0 Å². The summed E-state index contributed by atoms with van der Waals surface area (Å²) in [5.74, 6) is 0.430. The maximum absolute atomic E-state index is 12.7. The molecule has 0 atom stereocenters. The molecule has 0 spiro atoms. The van der Waals surface area contributed by atoms with E-state index in [9.17, 15) is 9.59 Å². The molecule has 24 heavy (non-hydrogen) atoms. The van der Waals surface area contributed by atoms with Crippen LogP contribution in [0.1, 0.15) is 12.0 Å². The third-order valence-corrected chi connectivity index (χ3v) is 4.63. The van der Waals surface area contributed by atoms with Crippen molar-refractivity contribution in [3.8, 4) is 5.75 Å². The van der Waals surface area contributed by atoms with Crippen LogP contribution in [0.15, 0.2) is 29.2 Å². The number of aliphatic hydroxyl groups excluding tert-OH is 1. The molecule has 0 bridgehead atoms. The molecule has 0 saturated heterocycles. The molecular weight excluding hydrogens is 330 g/mol. The first-order valence-electron chi connectivity index (χ1n) is 7.61. The van der Waals surface area contributed by atoms with Crippen LogP contribution >= 0.6 is 11.8 Å². The molecule has 1 aromatic rings. The smallest absolute Gasteiger partial charge is 0.267 e. The summed E-state index contributed by atoms with van der Waals surface area (Å²) in [6, 6.07) is 7.03. The number of carbonyl (C=O) groups is 2. The van der Waals surface area contributed by atoms with E-state index in [1.54, 1.807) is 38.5 Å².